The summed E-state index contributed by atoms with van der Waals surface area (Å²) in [6, 6.07) is 0. The molecular formula is C62H106O15. The number of rotatable bonds is 47. The molecule has 0 bridgehead atoms. The first-order valence-corrected chi connectivity index (χ1v) is 30.0. The SMILES string of the molecule is CC/C=C\C/C=C\C/C=C\C/C=C\C/C=C\C/C=C\CCC(=O)OC(COC(=O)CCCCCCCCCCCCCCCCCCCCCCCC)COC1OC(COC2OC(CO)C(O)C(O)C2O)C(O)C(O)C1O. The van der Waals surface area contributed by atoms with E-state index < -0.39 is 99.3 Å². The number of esters is 2. The fraction of sp³-hybridized carbons (Fsp3) is 0.774. The van der Waals surface area contributed by atoms with Crippen molar-refractivity contribution < 1.29 is 73.8 Å². The van der Waals surface area contributed by atoms with Gasteiger partial charge in [0.05, 0.1) is 19.8 Å². The molecule has 0 saturated carbocycles. The Hall–Kier alpha value is -3.06. The van der Waals surface area contributed by atoms with Gasteiger partial charge in [0.25, 0.3) is 0 Å². The molecule has 2 aliphatic heterocycles. The molecule has 0 spiro atoms. The predicted octanol–water partition coefficient (Wildman–Crippen LogP) is 10.6. The molecule has 0 aliphatic carbocycles. The van der Waals surface area contributed by atoms with E-state index in [9.17, 15) is 45.3 Å². The van der Waals surface area contributed by atoms with Crippen LogP contribution in [0.3, 0.4) is 0 Å². The van der Waals surface area contributed by atoms with Gasteiger partial charge in [0.15, 0.2) is 18.7 Å². The fourth-order valence-corrected chi connectivity index (χ4v) is 9.13. The molecule has 2 heterocycles. The third-order valence-electron chi connectivity index (χ3n) is 14.0. The predicted molar refractivity (Wildman–Crippen MR) is 303 cm³/mol. The van der Waals surface area contributed by atoms with Crippen LogP contribution in [-0.2, 0) is 38.0 Å². The van der Waals surface area contributed by atoms with Crippen LogP contribution in [-0.4, -0.2) is 142 Å². The van der Waals surface area contributed by atoms with Gasteiger partial charge in [0, 0.05) is 12.8 Å². The summed E-state index contributed by atoms with van der Waals surface area (Å²) in [6.07, 6.45) is 42.3. The Morgan fingerprint density at radius 1 is 0.429 bits per heavy atom. The Bertz CT molecular complexity index is 1610. The summed E-state index contributed by atoms with van der Waals surface area (Å²) in [6.45, 7) is 2.43. The zero-order valence-electron chi connectivity index (χ0n) is 47.4. The van der Waals surface area contributed by atoms with Gasteiger partial charge in [-0.15, -0.1) is 0 Å². The largest absolute Gasteiger partial charge is 0.462 e. The highest BCUT2D eigenvalue weighted by atomic mass is 16.7. The molecule has 11 atom stereocenters. The van der Waals surface area contributed by atoms with Crippen molar-refractivity contribution in [2.75, 3.05) is 26.4 Å². The lowest BCUT2D eigenvalue weighted by molar-refractivity contribution is -0.332. The van der Waals surface area contributed by atoms with Crippen LogP contribution in [0.2, 0.25) is 0 Å². The molecule has 2 fully saturated rings. The minimum absolute atomic E-state index is 0.0386. The van der Waals surface area contributed by atoms with E-state index in [0.717, 1.165) is 51.4 Å². The summed E-state index contributed by atoms with van der Waals surface area (Å²) in [5.41, 5.74) is 0. The highest BCUT2D eigenvalue weighted by Crippen LogP contribution is 2.27. The summed E-state index contributed by atoms with van der Waals surface area (Å²) in [4.78, 5) is 25.9. The summed E-state index contributed by atoms with van der Waals surface area (Å²) in [7, 11) is 0. The number of ether oxygens (including phenoxy) is 6. The van der Waals surface area contributed by atoms with Crippen molar-refractivity contribution in [2.45, 2.75) is 280 Å². The number of unbranched alkanes of at least 4 members (excludes halogenated alkanes) is 21. The molecule has 2 rings (SSSR count). The van der Waals surface area contributed by atoms with Crippen LogP contribution < -0.4 is 0 Å². The average molecular weight is 1090 g/mol. The van der Waals surface area contributed by atoms with Crippen molar-refractivity contribution in [3.05, 3.63) is 72.9 Å². The summed E-state index contributed by atoms with van der Waals surface area (Å²) in [5, 5.41) is 72.3. The molecule has 0 radical (unpaired) electrons. The minimum atomic E-state index is -1.78. The fourth-order valence-electron chi connectivity index (χ4n) is 9.13. The average Bonchev–Trinajstić information content (AvgIpc) is 3.43. The zero-order chi connectivity index (χ0) is 56.0. The third-order valence-corrected chi connectivity index (χ3v) is 14.0. The molecule has 0 aromatic carbocycles. The van der Waals surface area contributed by atoms with Crippen molar-refractivity contribution in [1.29, 1.82) is 0 Å². The topological polar surface area (TPSA) is 231 Å². The normalized spacial score (nSPS) is 24.7. The van der Waals surface area contributed by atoms with E-state index in [1.807, 2.05) is 12.2 Å². The lowest BCUT2D eigenvalue weighted by atomic mass is 9.98. The minimum Gasteiger partial charge on any atom is -0.462 e. The van der Waals surface area contributed by atoms with E-state index in [1.165, 1.54) is 116 Å². The van der Waals surface area contributed by atoms with Crippen molar-refractivity contribution in [3.8, 4) is 0 Å². The standard InChI is InChI=1S/C62H106O15/c1-3-5-7-9-11-13-15-17-19-21-23-24-25-27-28-30-32-34-36-38-40-42-44-53(64)72-47-50(75-54(65)45-43-41-39-37-35-33-31-29-26-22-20-18-16-14-12-10-8-6-4-2)48-73-61-60(71)58(69)56(67)52(77-61)49-74-62-59(70)57(68)55(66)51(46-63)76-62/h6,8,12,14,18,20,26,29,33,35,39,41,50-52,55-63,66-71H,3-5,7,9-11,13,15-17,19,21-25,27-28,30-32,34,36-38,40,42-49H2,1-2H3/b8-6-,14-12-,20-18-,29-26-,35-33-,41-39-. The molecule has 15 nitrogen and oxygen atoms in total. The van der Waals surface area contributed by atoms with Crippen molar-refractivity contribution in [3.63, 3.8) is 0 Å². The van der Waals surface area contributed by atoms with E-state index in [-0.39, 0.29) is 19.4 Å². The van der Waals surface area contributed by atoms with Crippen LogP contribution in [0.5, 0.6) is 0 Å². The third kappa shape index (κ3) is 34.6. The number of aliphatic hydroxyl groups is 7. The van der Waals surface area contributed by atoms with E-state index in [4.69, 9.17) is 28.4 Å². The number of aliphatic hydroxyl groups excluding tert-OH is 7. The second kappa shape index (κ2) is 47.7. The van der Waals surface area contributed by atoms with Crippen molar-refractivity contribution in [1.82, 2.24) is 0 Å². The first kappa shape index (κ1) is 70.0. The molecule has 444 valence electrons. The van der Waals surface area contributed by atoms with Gasteiger partial charge < -0.3 is 64.2 Å². The summed E-state index contributed by atoms with van der Waals surface area (Å²) < 4.78 is 33.6. The molecular weight excluding hydrogens is 985 g/mol. The molecule has 11 unspecified atom stereocenters. The highest BCUT2D eigenvalue weighted by Gasteiger charge is 2.47. The Morgan fingerprint density at radius 3 is 1.26 bits per heavy atom. The molecule has 77 heavy (non-hydrogen) atoms. The van der Waals surface area contributed by atoms with Crippen LogP contribution in [0, 0.1) is 0 Å². The van der Waals surface area contributed by atoms with Crippen molar-refractivity contribution >= 4 is 11.9 Å². The summed E-state index contributed by atoms with van der Waals surface area (Å²) >= 11 is 0. The second-order valence-electron chi connectivity index (χ2n) is 20.8. The van der Waals surface area contributed by atoms with Gasteiger partial charge in [0.1, 0.15) is 55.4 Å². The van der Waals surface area contributed by atoms with Gasteiger partial charge in [0.2, 0.25) is 0 Å². The van der Waals surface area contributed by atoms with E-state index >= 15 is 0 Å². The number of allylic oxidation sites excluding steroid dienone is 12. The molecule has 2 saturated heterocycles. The second-order valence-corrected chi connectivity index (χ2v) is 20.8. The number of carbonyl (C=O) groups excluding carboxylic acids is 2. The molecule has 0 aromatic heterocycles. The Morgan fingerprint density at radius 2 is 0.818 bits per heavy atom. The maximum Gasteiger partial charge on any atom is 0.306 e. The molecule has 0 amide bonds. The van der Waals surface area contributed by atoms with Gasteiger partial charge >= 0.3 is 11.9 Å². The molecule has 7 N–H and O–H groups in total. The quantitative estimate of drug-likeness (QED) is 0.0171. The number of carbonyl (C=O) groups is 2. The highest BCUT2D eigenvalue weighted by molar-refractivity contribution is 5.70. The van der Waals surface area contributed by atoms with Crippen LogP contribution in [0.15, 0.2) is 72.9 Å². The van der Waals surface area contributed by atoms with Gasteiger partial charge in [-0.3, -0.25) is 9.59 Å². The lowest BCUT2D eigenvalue weighted by Gasteiger charge is -2.42. The maximum atomic E-state index is 13.0. The van der Waals surface area contributed by atoms with Crippen LogP contribution in [0.4, 0.5) is 0 Å². The lowest BCUT2D eigenvalue weighted by Crippen LogP contribution is -2.61. The van der Waals surface area contributed by atoms with Gasteiger partial charge in [-0.05, 0) is 51.4 Å². The molecule has 2 aliphatic rings. The first-order valence-electron chi connectivity index (χ1n) is 30.0. The molecule has 15 heteroatoms. The van der Waals surface area contributed by atoms with Gasteiger partial charge in [-0.1, -0.05) is 222 Å². The molecule has 0 aromatic rings. The van der Waals surface area contributed by atoms with Gasteiger partial charge in [-0.25, -0.2) is 0 Å². The Balaban J connectivity index is 1.76. The van der Waals surface area contributed by atoms with Crippen molar-refractivity contribution in [2.24, 2.45) is 0 Å². The van der Waals surface area contributed by atoms with Gasteiger partial charge in [-0.2, -0.15) is 0 Å². The first-order chi connectivity index (χ1) is 37.5. The monoisotopic (exact) mass is 1090 g/mol. The van der Waals surface area contributed by atoms with E-state index in [1.54, 1.807) is 0 Å². The zero-order valence-corrected chi connectivity index (χ0v) is 47.4. The van der Waals surface area contributed by atoms with Crippen LogP contribution >= 0.6 is 0 Å². The summed E-state index contributed by atoms with van der Waals surface area (Å²) in [5.74, 6) is -1.02. The van der Waals surface area contributed by atoms with E-state index in [0.29, 0.717) is 19.3 Å². The van der Waals surface area contributed by atoms with E-state index in [2.05, 4.69) is 74.6 Å². The van der Waals surface area contributed by atoms with Crippen LogP contribution in [0.25, 0.3) is 0 Å². The maximum absolute atomic E-state index is 13.0. The number of hydrogen-bond donors (Lipinski definition) is 7. The number of hydrogen-bond acceptors (Lipinski definition) is 15. The smallest absolute Gasteiger partial charge is 0.306 e. The van der Waals surface area contributed by atoms with Crippen LogP contribution in [0.1, 0.15) is 213 Å². The Labute approximate surface area is 463 Å². The Kier molecular flexibility index (Phi) is 43.4.